The van der Waals surface area contributed by atoms with Gasteiger partial charge in [0.15, 0.2) is 0 Å². The molecule has 0 fully saturated rings. The molecule has 0 heterocycles. The average Bonchev–Trinajstić information content (AvgIpc) is 2.46. The highest BCUT2D eigenvalue weighted by molar-refractivity contribution is 8.32. The third-order valence-corrected chi connectivity index (χ3v) is 6.41. The van der Waals surface area contributed by atoms with E-state index in [0.717, 1.165) is 19.8 Å². The van der Waals surface area contributed by atoms with Crippen molar-refractivity contribution in [2.75, 3.05) is 14.2 Å². The van der Waals surface area contributed by atoms with Crippen LogP contribution in [-0.4, -0.2) is 36.4 Å². The molecule has 0 spiro atoms. The van der Waals surface area contributed by atoms with Gasteiger partial charge >= 0.3 is 10.6 Å². The van der Waals surface area contributed by atoms with Crippen LogP contribution in [0.2, 0.25) is 0 Å². The van der Waals surface area contributed by atoms with Gasteiger partial charge in [-0.3, -0.25) is 0 Å². The second-order valence-corrected chi connectivity index (χ2v) is 7.84. The van der Waals surface area contributed by atoms with Crippen LogP contribution in [0.15, 0.2) is 29.2 Å². The van der Waals surface area contributed by atoms with Crippen molar-refractivity contribution in [3.63, 3.8) is 0 Å². The Kier molecular flexibility index (Phi) is 6.52. The van der Waals surface area contributed by atoms with Crippen LogP contribution < -0.4 is 0 Å². The summed E-state index contributed by atoms with van der Waals surface area (Å²) in [5.41, 5.74) is 0.877. The quantitative estimate of drug-likeness (QED) is 0.604. The van der Waals surface area contributed by atoms with Crippen molar-refractivity contribution in [3.8, 4) is 0 Å². The van der Waals surface area contributed by atoms with E-state index in [1.807, 2.05) is 0 Å². The fourth-order valence-electron chi connectivity index (χ4n) is 1.11. The fraction of sp³-hybridized carbons (Fsp3) is 0.273. The predicted molar refractivity (Wildman–Crippen MR) is 80.2 cm³/mol. The van der Waals surface area contributed by atoms with Crippen molar-refractivity contribution in [1.29, 1.82) is 0 Å². The standard InChI is InChI=1S/C11H13NO6S3/c1-8-4-6-9(7-5-8)21(15,16)12(19-10(13)17-2)20-11(14)18-3/h4-7H,1-3H3. The summed E-state index contributed by atoms with van der Waals surface area (Å²) in [5.74, 6) is 0. The maximum Gasteiger partial charge on any atom is 0.384 e. The Labute approximate surface area is 131 Å². The lowest BCUT2D eigenvalue weighted by atomic mass is 10.2. The van der Waals surface area contributed by atoms with E-state index in [4.69, 9.17) is 0 Å². The first-order chi connectivity index (χ1) is 9.81. The van der Waals surface area contributed by atoms with Gasteiger partial charge in [0.2, 0.25) is 0 Å². The summed E-state index contributed by atoms with van der Waals surface area (Å²) >= 11 is 0.482. The summed E-state index contributed by atoms with van der Waals surface area (Å²) in [5, 5.41) is -1.75. The van der Waals surface area contributed by atoms with Crippen LogP contribution in [0, 0.1) is 6.92 Å². The molecule has 0 saturated carbocycles. The SMILES string of the molecule is COC(=O)SN(SC(=O)OC)S(=O)(=O)c1ccc(C)cc1. The molecular formula is C11H13NO6S3. The van der Waals surface area contributed by atoms with Crippen molar-refractivity contribution in [2.24, 2.45) is 0 Å². The molecule has 0 radical (unpaired) electrons. The Morgan fingerprint density at radius 1 is 1.00 bits per heavy atom. The van der Waals surface area contributed by atoms with E-state index in [1.54, 1.807) is 19.1 Å². The summed E-state index contributed by atoms with van der Waals surface area (Å²) in [6.07, 6.45) is 0. The van der Waals surface area contributed by atoms with Gasteiger partial charge in [-0.1, -0.05) is 20.8 Å². The monoisotopic (exact) mass is 351 g/mol. The van der Waals surface area contributed by atoms with Crippen LogP contribution in [0.25, 0.3) is 0 Å². The Bertz CT molecular complexity index is 595. The Morgan fingerprint density at radius 3 is 1.81 bits per heavy atom. The number of hydrogen-bond acceptors (Lipinski definition) is 8. The summed E-state index contributed by atoms with van der Waals surface area (Å²) in [6.45, 7) is 1.81. The van der Waals surface area contributed by atoms with Crippen LogP contribution in [-0.2, 0) is 19.5 Å². The highest BCUT2D eigenvalue weighted by atomic mass is 32.3. The minimum atomic E-state index is -4.07. The molecule has 0 saturated heterocycles. The first kappa shape index (κ1) is 17.8. The summed E-state index contributed by atoms with van der Waals surface area (Å²) in [7, 11) is -1.86. The minimum absolute atomic E-state index is 0.0547. The summed E-state index contributed by atoms with van der Waals surface area (Å²) in [6, 6.07) is 5.98. The number of sulfonamides is 1. The number of methoxy groups -OCH3 is 2. The molecule has 1 aromatic rings. The lowest BCUT2D eigenvalue weighted by molar-refractivity contribution is 0.200. The molecule has 21 heavy (non-hydrogen) atoms. The number of rotatable bonds is 4. The zero-order valence-corrected chi connectivity index (χ0v) is 13.9. The number of nitrogens with zero attached hydrogens (tertiary/aromatic N) is 1. The second-order valence-electron chi connectivity index (χ2n) is 3.60. The van der Waals surface area contributed by atoms with Gasteiger partial charge in [0.1, 0.15) is 0 Å². The highest BCUT2D eigenvalue weighted by Gasteiger charge is 2.32. The average molecular weight is 351 g/mol. The van der Waals surface area contributed by atoms with E-state index >= 15 is 0 Å². The topological polar surface area (TPSA) is 90.0 Å². The normalized spacial score (nSPS) is 11.2. The molecule has 10 heteroatoms. The zero-order valence-electron chi connectivity index (χ0n) is 11.4. The molecule has 7 nitrogen and oxygen atoms in total. The van der Waals surface area contributed by atoms with Crippen molar-refractivity contribution in [2.45, 2.75) is 11.8 Å². The van der Waals surface area contributed by atoms with Crippen LogP contribution in [0.1, 0.15) is 5.56 Å². The van der Waals surface area contributed by atoms with Gasteiger partial charge in [-0.2, -0.15) is 0 Å². The van der Waals surface area contributed by atoms with Gasteiger partial charge in [-0.25, -0.2) is 18.0 Å². The molecule has 0 aliphatic heterocycles. The van der Waals surface area contributed by atoms with E-state index in [0.29, 0.717) is 3.12 Å². The van der Waals surface area contributed by atoms with Gasteiger partial charge in [-0.05, 0) is 19.1 Å². The third kappa shape index (κ3) is 4.92. The number of carbonyl (C=O) groups is 2. The Balaban J connectivity index is 3.12. The van der Waals surface area contributed by atoms with Crippen molar-refractivity contribution in [3.05, 3.63) is 29.8 Å². The third-order valence-electron chi connectivity index (χ3n) is 2.15. The molecule has 0 aromatic heterocycles. The van der Waals surface area contributed by atoms with E-state index in [9.17, 15) is 18.0 Å². The number of aryl methyl sites for hydroxylation is 1. The van der Waals surface area contributed by atoms with Crippen LogP contribution in [0.5, 0.6) is 0 Å². The molecular weight excluding hydrogens is 338 g/mol. The van der Waals surface area contributed by atoms with Gasteiger partial charge in [0, 0.05) is 0 Å². The van der Waals surface area contributed by atoms with E-state index in [2.05, 4.69) is 9.47 Å². The van der Waals surface area contributed by atoms with Crippen LogP contribution >= 0.6 is 23.9 Å². The van der Waals surface area contributed by atoms with Gasteiger partial charge < -0.3 is 9.47 Å². The summed E-state index contributed by atoms with van der Waals surface area (Å²) < 4.78 is 34.2. The van der Waals surface area contributed by atoms with Crippen molar-refractivity contribution < 1.29 is 27.5 Å². The van der Waals surface area contributed by atoms with Crippen molar-refractivity contribution in [1.82, 2.24) is 3.12 Å². The minimum Gasteiger partial charge on any atom is -0.460 e. The van der Waals surface area contributed by atoms with Crippen LogP contribution in [0.4, 0.5) is 9.59 Å². The number of carbonyl (C=O) groups excluding carboxylic acids is 2. The lowest BCUT2D eigenvalue weighted by Crippen LogP contribution is -2.22. The molecule has 0 atom stereocenters. The maximum absolute atomic E-state index is 12.4. The largest absolute Gasteiger partial charge is 0.460 e. The zero-order chi connectivity index (χ0) is 16.0. The van der Waals surface area contributed by atoms with Gasteiger partial charge in [-0.15, -0.1) is 0 Å². The number of benzene rings is 1. The van der Waals surface area contributed by atoms with E-state index in [1.165, 1.54) is 12.1 Å². The Morgan fingerprint density at radius 2 is 1.43 bits per heavy atom. The Hall–Kier alpha value is -1.23. The molecule has 1 rings (SSSR count). The maximum atomic E-state index is 12.4. The first-order valence-electron chi connectivity index (χ1n) is 5.45. The number of ether oxygens (including phenoxy) is 2. The molecule has 1 aromatic carbocycles. The summed E-state index contributed by atoms with van der Waals surface area (Å²) in [4.78, 5) is 22.5. The predicted octanol–water partition coefficient (Wildman–Crippen LogP) is 2.81. The first-order valence-corrected chi connectivity index (χ1v) is 8.43. The van der Waals surface area contributed by atoms with Gasteiger partial charge in [0.05, 0.1) is 43.0 Å². The lowest BCUT2D eigenvalue weighted by Gasteiger charge is -2.16. The smallest absolute Gasteiger partial charge is 0.384 e. The molecule has 0 amide bonds. The van der Waals surface area contributed by atoms with Gasteiger partial charge in [0.25, 0.3) is 10.0 Å². The van der Waals surface area contributed by atoms with E-state index in [-0.39, 0.29) is 28.8 Å². The molecule has 0 aliphatic rings. The number of hydrogen-bond donors (Lipinski definition) is 0. The second kappa shape index (κ2) is 7.69. The highest BCUT2D eigenvalue weighted by Crippen LogP contribution is 2.33. The van der Waals surface area contributed by atoms with Crippen molar-refractivity contribution >= 4 is 44.5 Å². The van der Waals surface area contributed by atoms with Crippen LogP contribution in [0.3, 0.4) is 0 Å². The molecule has 0 N–H and O–H groups in total. The molecule has 0 bridgehead atoms. The van der Waals surface area contributed by atoms with E-state index < -0.39 is 20.6 Å². The fourth-order valence-corrected chi connectivity index (χ4v) is 4.33. The molecule has 0 aliphatic carbocycles. The molecule has 0 unspecified atom stereocenters. The molecule has 116 valence electrons.